The van der Waals surface area contributed by atoms with Crippen molar-refractivity contribution in [2.45, 2.75) is 12.4 Å². The fourth-order valence-electron chi connectivity index (χ4n) is 0.786. The van der Waals surface area contributed by atoms with Crippen LogP contribution in [0.2, 0.25) is 0 Å². The smallest absolute Gasteiger partial charge is 0.322 e. The van der Waals surface area contributed by atoms with E-state index in [2.05, 4.69) is 0 Å². The molecule has 0 aliphatic carbocycles. The van der Waals surface area contributed by atoms with Crippen molar-refractivity contribution < 1.29 is 14.6 Å². The molecule has 8 nitrogen and oxygen atoms in total. The molecule has 68 valence electrons. The maximum Gasteiger partial charge on any atom is 0.322 e. The first-order valence-corrected chi connectivity index (χ1v) is 3.07. The highest BCUT2D eigenvalue weighted by atomic mass is 16.5. The van der Waals surface area contributed by atoms with E-state index >= 15 is 0 Å². The van der Waals surface area contributed by atoms with Gasteiger partial charge in [0.25, 0.3) is 0 Å². The zero-order valence-corrected chi connectivity index (χ0v) is 6.04. The van der Waals surface area contributed by atoms with Gasteiger partial charge in [-0.3, -0.25) is 17.2 Å². The Morgan fingerprint density at radius 1 is 1.17 bits per heavy atom. The van der Waals surface area contributed by atoms with Crippen LogP contribution in [0, 0.1) is 10.4 Å². The third-order valence-electron chi connectivity index (χ3n) is 1.55. The lowest BCUT2D eigenvalue weighted by molar-refractivity contribution is -0.588. The van der Waals surface area contributed by atoms with Crippen LogP contribution in [0.5, 0.6) is 0 Å². The quantitative estimate of drug-likeness (QED) is 0.220. The van der Waals surface area contributed by atoms with E-state index < -0.39 is 24.1 Å². The van der Waals surface area contributed by atoms with Crippen molar-refractivity contribution >= 4 is 11.7 Å². The SMILES string of the molecule is NC1=[N+]([O-])C(N)C(N)=[N+]([O-])C1O. The highest BCUT2D eigenvalue weighted by molar-refractivity contribution is 5.86. The van der Waals surface area contributed by atoms with Gasteiger partial charge in [0.1, 0.15) is 0 Å². The Hall–Kier alpha value is -1.54. The monoisotopic (exact) mass is 175 g/mol. The number of aliphatic hydroxyl groups is 1. The molecule has 12 heavy (non-hydrogen) atoms. The van der Waals surface area contributed by atoms with E-state index in [1.54, 1.807) is 0 Å². The summed E-state index contributed by atoms with van der Waals surface area (Å²) >= 11 is 0. The number of aliphatic hydroxyl groups excluding tert-OH is 1. The summed E-state index contributed by atoms with van der Waals surface area (Å²) < 4.78 is 0.0861. The van der Waals surface area contributed by atoms with Gasteiger partial charge in [-0.2, -0.15) is 0 Å². The maximum absolute atomic E-state index is 10.9. The summed E-state index contributed by atoms with van der Waals surface area (Å²) in [5, 5.41) is 30.7. The standard InChI is InChI=1S/C4H9N5O3/c5-1-2(6)9(12)4(10)3(7)8(1)11/h1,4,10H,5-7H2. The van der Waals surface area contributed by atoms with Crippen molar-refractivity contribution in [3.8, 4) is 0 Å². The molecule has 0 aromatic heterocycles. The van der Waals surface area contributed by atoms with Crippen LogP contribution >= 0.6 is 0 Å². The number of rotatable bonds is 0. The lowest BCUT2D eigenvalue weighted by Crippen LogP contribution is -2.60. The van der Waals surface area contributed by atoms with E-state index in [0.717, 1.165) is 0 Å². The van der Waals surface area contributed by atoms with Crippen molar-refractivity contribution in [2.75, 3.05) is 0 Å². The van der Waals surface area contributed by atoms with Crippen molar-refractivity contribution in [3.05, 3.63) is 10.4 Å². The Morgan fingerprint density at radius 2 is 1.67 bits per heavy atom. The Kier molecular flexibility index (Phi) is 1.78. The van der Waals surface area contributed by atoms with Gasteiger partial charge in [-0.15, -0.1) is 0 Å². The van der Waals surface area contributed by atoms with Gasteiger partial charge in [0, 0.05) is 0 Å². The highest BCUT2D eigenvalue weighted by Gasteiger charge is 2.34. The third-order valence-corrected chi connectivity index (χ3v) is 1.55. The number of amidine groups is 2. The molecule has 0 aromatic carbocycles. The second kappa shape index (κ2) is 2.50. The highest BCUT2D eigenvalue weighted by Crippen LogP contribution is 1.96. The van der Waals surface area contributed by atoms with E-state index in [-0.39, 0.29) is 9.48 Å². The zero-order chi connectivity index (χ0) is 9.46. The van der Waals surface area contributed by atoms with Gasteiger partial charge in [-0.1, -0.05) is 0 Å². The molecular weight excluding hydrogens is 166 g/mol. The number of nitrogens with zero attached hydrogens (tertiary/aromatic N) is 2. The third kappa shape index (κ3) is 0.933. The van der Waals surface area contributed by atoms with Crippen LogP contribution in [-0.4, -0.2) is 38.6 Å². The molecule has 1 rings (SSSR count). The zero-order valence-electron chi connectivity index (χ0n) is 6.04. The minimum Gasteiger partial charge on any atom is -0.714 e. The first-order chi connectivity index (χ1) is 5.46. The van der Waals surface area contributed by atoms with Gasteiger partial charge >= 0.3 is 17.9 Å². The molecule has 0 fully saturated rings. The number of hydrogen-bond donors (Lipinski definition) is 4. The lowest BCUT2D eigenvalue weighted by Gasteiger charge is -2.27. The molecule has 1 aliphatic rings. The molecule has 8 heteroatoms. The van der Waals surface area contributed by atoms with Crippen molar-refractivity contribution in [3.63, 3.8) is 0 Å². The summed E-state index contributed by atoms with van der Waals surface area (Å²) in [5.41, 5.74) is 15.3. The molecular formula is C4H9N5O3. The largest absolute Gasteiger partial charge is 0.714 e. The van der Waals surface area contributed by atoms with E-state index in [1.807, 2.05) is 0 Å². The molecule has 1 heterocycles. The average molecular weight is 175 g/mol. The minimum atomic E-state index is -1.75. The van der Waals surface area contributed by atoms with Gasteiger partial charge in [0.15, 0.2) is 0 Å². The van der Waals surface area contributed by atoms with Crippen LogP contribution in [-0.2, 0) is 0 Å². The van der Waals surface area contributed by atoms with Gasteiger partial charge in [0.2, 0.25) is 6.17 Å². The topological polar surface area (TPSA) is 150 Å². The molecule has 0 spiro atoms. The number of hydroxylamine groups is 2. The first kappa shape index (κ1) is 8.56. The normalized spacial score (nSPS) is 31.2. The molecule has 2 atom stereocenters. The van der Waals surface area contributed by atoms with E-state index in [0.29, 0.717) is 0 Å². The molecule has 0 radical (unpaired) electrons. The molecule has 7 N–H and O–H groups in total. The van der Waals surface area contributed by atoms with Crippen LogP contribution in [0.3, 0.4) is 0 Å². The Bertz CT molecular complexity index is 220. The molecule has 0 saturated heterocycles. The summed E-state index contributed by atoms with van der Waals surface area (Å²) in [7, 11) is 0. The number of hydrogen-bond acceptors (Lipinski definition) is 6. The lowest BCUT2D eigenvalue weighted by atomic mass is 10.3. The van der Waals surface area contributed by atoms with Crippen LogP contribution in [0.4, 0.5) is 0 Å². The predicted molar refractivity (Wildman–Crippen MR) is 39.6 cm³/mol. The fraction of sp³-hybridized carbons (Fsp3) is 0.500. The van der Waals surface area contributed by atoms with Gasteiger partial charge in [0.05, 0.1) is 0 Å². The fourth-order valence-corrected chi connectivity index (χ4v) is 0.786. The van der Waals surface area contributed by atoms with Gasteiger partial charge in [-0.05, 0) is 0 Å². The van der Waals surface area contributed by atoms with Crippen LogP contribution in [0.25, 0.3) is 0 Å². The summed E-state index contributed by atoms with van der Waals surface area (Å²) in [6, 6.07) is 0. The Balaban J connectivity index is 3.13. The molecule has 0 aromatic rings. The van der Waals surface area contributed by atoms with Crippen molar-refractivity contribution in [1.82, 2.24) is 0 Å². The van der Waals surface area contributed by atoms with Crippen LogP contribution in [0.15, 0.2) is 0 Å². The Labute approximate surface area is 67.3 Å². The van der Waals surface area contributed by atoms with Gasteiger partial charge < -0.3 is 15.5 Å². The Morgan fingerprint density at radius 3 is 2.17 bits per heavy atom. The van der Waals surface area contributed by atoms with Crippen LogP contribution in [0.1, 0.15) is 0 Å². The summed E-state index contributed by atoms with van der Waals surface area (Å²) in [4.78, 5) is 0. The molecule has 1 aliphatic heterocycles. The van der Waals surface area contributed by atoms with Crippen LogP contribution < -0.4 is 17.2 Å². The van der Waals surface area contributed by atoms with Crippen molar-refractivity contribution in [2.24, 2.45) is 17.2 Å². The summed E-state index contributed by atoms with van der Waals surface area (Å²) in [6.45, 7) is 0. The predicted octanol–water partition coefficient (Wildman–Crippen LogP) is -3.66. The summed E-state index contributed by atoms with van der Waals surface area (Å²) in [5.74, 6) is -1.03. The van der Waals surface area contributed by atoms with Gasteiger partial charge in [-0.25, -0.2) is 9.48 Å². The molecule has 0 saturated carbocycles. The summed E-state index contributed by atoms with van der Waals surface area (Å²) in [6.07, 6.45) is -3.08. The first-order valence-electron chi connectivity index (χ1n) is 3.07. The molecule has 0 amide bonds. The van der Waals surface area contributed by atoms with E-state index in [4.69, 9.17) is 22.3 Å². The number of nitrogens with two attached hydrogens (primary N) is 3. The molecule has 2 unspecified atom stereocenters. The van der Waals surface area contributed by atoms with E-state index in [1.165, 1.54) is 0 Å². The van der Waals surface area contributed by atoms with Crippen molar-refractivity contribution in [1.29, 1.82) is 0 Å². The molecule has 0 bridgehead atoms. The minimum absolute atomic E-state index is 0.00556. The van der Waals surface area contributed by atoms with E-state index in [9.17, 15) is 10.4 Å². The maximum atomic E-state index is 10.9. The average Bonchev–Trinajstić information content (AvgIpc) is 2.08. The second-order valence-electron chi connectivity index (χ2n) is 2.32. The second-order valence-corrected chi connectivity index (χ2v) is 2.32.